The van der Waals surface area contributed by atoms with Crippen molar-refractivity contribution in [1.29, 1.82) is 0 Å². The van der Waals surface area contributed by atoms with Crippen LogP contribution in [0.1, 0.15) is 65.4 Å². The Balaban J connectivity index is 0.000000370. The van der Waals surface area contributed by atoms with E-state index in [9.17, 15) is 115 Å². The fourth-order valence-electron chi connectivity index (χ4n) is 8.70. The van der Waals surface area contributed by atoms with Crippen LogP contribution in [0.4, 0.5) is 105 Å². The first-order valence-electron chi connectivity index (χ1n) is 21.9. The number of carbonyl (C=O) groups is 2. The third kappa shape index (κ3) is 13.7. The van der Waals surface area contributed by atoms with E-state index >= 15 is 0 Å². The molecule has 80 heavy (non-hydrogen) atoms. The first-order chi connectivity index (χ1) is 36.5. The molecule has 0 amide bonds. The Hall–Kier alpha value is -7.07. The van der Waals surface area contributed by atoms with E-state index in [0.29, 0.717) is 11.3 Å². The SMILES string of the molecule is FC(F)(F)c1cc([B-](c2cc(C(F)(F)F)cc(C(F)(F)F)c2)(c2cc(C(F)(F)F)cc(C(F)(F)F)c2)c2cc(C(F)(F)F)cc(C(F)(F)F)c2)cc(C(F)(F)F)c1.O=C(C[n+]1ccc2ccccc2c1C(=O)CBr)c1ccccc1. The molecule has 1 aromatic heterocycles. The van der Waals surface area contributed by atoms with Gasteiger partial charge in [-0.1, -0.05) is 113 Å². The van der Waals surface area contributed by atoms with Crippen LogP contribution in [0.25, 0.3) is 10.8 Å². The van der Waals surface area contributed by atoms with Gasteiger partial charge >= 0.3 is 49.4 Å². The number of fused-ring (bicyclic) bond motifs is 1. The number of pyridine rings is 1. The van der Waals surface area contributed by atoms with Gasteiger partial charge in [0.15, 0.2) is 6.20 Å². The molecule has 7 rings (SSSR count). The molecule has 0 unspecified atom stereocenters. The highest BCUT2D eigenvalue weighted by Crippen LogP contribution is 2.41. The molecule has 0 aliphatic carbocycles. The van der Waals surface area contributed by atoms with Gasteiger partial charge in [-0.3, -0.25) is 9.59 Å². The van der Waals surface area contributed by atoms with E-state index in [-0.39, 0.29) is 23.4 Å². The highest BCUT2D eigenvalue weighted by Gasteiger charge is 2.47. The maximum atomic E-state index is 14.2. The number of ketones is 2. The van der Waals surface area contributed by atoms with Gasteiger partial charge in [-0.15, -0.1) is 0 Å². The lowest BCUT2D eigenvalue weighted by Crippen LogP contribution is -2.75. The molecule has 0 bridgehead atoms. The van der Waals surface area contributed by atoms with E-state index in [0.717, 1.165) is 10.8 Å². The van der Waals surface area contributed by atoms with Gasteiger partial charge in [-0.2, -0.15) is 132 Å². The lowest BCUT2D eigenvalue weighted by Gasteiger charge is -2.46. The Kier molecular flexibility index (Phi) is 16.9. The maximum Gasteiger partial charge on any atom is 0.416 e. The molecule has 0 fully saturated rings. The molecule has 426 valence electrons. The number of alkyl halides is 25. The summed E-state index contributed by atoms with van der Waals surface area (Å²) in [6.07, 6.45) is -53.0. The van der Waals surface area contributed by atoms with Crippen molar-refractivity contribution in [3.63, 3.8) is 0 Å². The highest BCUT2D eigenvalue weighted by atomic mass is 79.9. The smallest absolute Gasteiger partial charge is 0.287 e. The normalized spacial score (nSPS) is 13.3. The van der Waals surface area contributed by atoms with Crippen molar-refractivity contribution in [3.05, 3.63) is 195 Å². The predicted octanol–water partition coefficient (Wildman–Crippen LogP) is 14.8. The summed E-state index contributed by atoms with van der Waals surface area (Å²) in [5.74, 6) is -0.0582. The van der Waals surface area contributed by atoms with Crippen LogP contribution in [0.5, 0.6) is 0 Å². The van der Waals surface area contributed by atoms with E-state index in [4.69, 9.17) is 0 Å². The largest absolute Gasteiger partial charge is 0.416 e. The lowest BCUT2D eigenvalue weighted by atomic mass is 9.12. The molecule has 0 aliphatic heterocycles. The Morgan fingerprint density at radius 3 is 0.912 bits per heavy atom. The number of benzene rings is 6. The van der Waals surface area contributed by atoms with Crippen LogP contribution in [-0.2, 0) is 56.0 Å². The van der Waals surface area contributed by atoms with Crippen LogP contribution in [0.15, 0.2) is 140 Å². The predicted molar refractivity (Wildman–Crippen MR) is 243 cm³/mol. The molecular formula is C51H27BBrF24NO2. The topological polar surface area (TPSA) is 38.0 Å². The van der Waals surface area contributed by atoms with Crippen LogP contribution in [-0.4, -0.2) is 23.0 Å². The fourth-order valence-corrected chi connectivity index (χ4v) is 8.97. The van der Waals surface area contributed by atoms with Crippen molar-refractivity contribution in [1.82, 2.24) is 0 Å². The highest BCUT2D eigenvalue weighted by molar-refractivity contribution is 9.09. The van der Waals surface area contributed by atoms with Crippen LogP contribution < -0.4 is 26.4 Å². The molecular weight excluding hydrogens is 1210 g/mol. The molecule has 0 aliphatic rings. The van der Waals surface area contributed by atoms with Crippen molar-refractivity contribution in [2.75, 3.05) is 5.33 Å². The Bertz CT molecular complexity index is 3010. The minimum Gasteiger partial charge on any atom is -0.287 e. The average Bonchev–Trinajstić information content (AvgIpc) is 3.34. The first-order valence-corrected chi connectivity index (χ1v) is 23.0. The summed E-state index contributed by atoms with van der Waals surface area (Å²) in [6, 6.07) is 9.95. The van der Waals surface area contributed by atoms with Gasteiger partial charge in [0.05, 0.1) is 55.2 Å². The molecule has 0 spiro atoms. The van der Waals surface area contributed by atoms with E-state index < -0.39 is 195 Å². The quantitative estimate of drug-likeness (QED) is 0.0475. The number of halogens is 25. The van der Waals surface area contributed by atoms with Gasteiger partial charge in [-0.25, -0.2) is 0 Å². The molecule has 0 radical (unpaired) electrons. The van der Waals surface area contributed by atoms with Crippen LogP contribution in [0.3, 0.4) is 0 Å². The number of rotatable bonds is 9. The number of aromatic nitrogens is 1. The summed E-state index contributed by atoms with van der Waals surface area (Å²) in [6.45, 7) is 0.142. The Morgan fingerprint density at radius 1 is 0.362 bits per heavy atom. The van der Waals surface area contributed by atoms with Crippen molar-refractivity contribution in [2.45, 2.75) is 56.0 Å². The van der Waals surface area contributed by atoms with Crippen LogP contribution >= 0.6 is 15.9 Å². The molecule has 0 N–H and O–H groups in total. The van der Waals surface area contributed by atoms with E-state index in [1.165, 1.54) is 0 Å². The summed E-state index contributed by atoms with van der Waals surface area (Å²) in [5.41, 5.74) is -29.0. The molecule has 0 atom stereocenters. The summed E-state index contributed by atoms with van der Waals surface area (Å²) in [7, 11) is 0. The molecule has 7 aromatic rings. The van der Waals surface area contributed by atoms with E-state index in [1.807, 2.05) is 48.5 Å². The zero-order valence-electron chi connectivity index (χ0n) is 39.0. The minimum atomic E-state index is -6.13. The monoisotopic (exact) mass is 1230 g/mol. The van der Waals surface area contributed by atoms with Gasteiger partial charge < -0.3 is 0 Å². The molecule has 0 saturated heterocycles. The number of Topliss-reactive ketones (excluding diaryl/α,β-unsaturated/α-hetero) is 2. The van der Waals surface area contributed by atoms with Gasteiger partial charge in [0.25, 0.3) is 5.69 Å². The fraction of sp³-hybridized carbons (Fsp3) is 0.196. The summed E-state index contributed by atoms with van der Waals surface area (Å²) in [4.78, 5) is 24.9. The molecule has 0 saturated carbocycles. The van der Waals surface area contributed by atoms with E-state index in [1.54, 1.807) is 22.9 Å². The van der Waals surface area contributed by atoms with Gasteiger partial charge in [0.1, 0.15) is 6.15 Å². The van der Waals surface area contributed by atoms with Crippen LogP contribution in [0.2, 0.25) is 0 Å². The lowest BCUT2D eigenvalue weighted by molar-refractivity contribution is -0.683. The van der Waals surface area contributed by atoms with Crippen LogP contribution in [0, 0.1) is 0 Å². The number of hydrogen-bond acceptors (Lipinski definition) is 2. The maximum absolute atomic E-state index is 14.2. The minimum absolute atomic E-state index is 0.0190. The summed E-state index contributed by atoms with van der Waals surface area (Å²) >= 11 is 3.23. The number of carbonyl (C=O) groups excluding carboxylic acids is 2. The number of nitrogens with zero attached hydrogens (tertiary/aromatic N) is 1. The Morgan fingerprint density at radius 2 is 0.637 bits per heavy atom. The zero-order valence-corrected chi connectivity index (χ0v) is 40.6. The standard InChI is InChI=1S/C32H12BF24.C19H15BrNO2/c34-25(35,36)13-1-14(26(37,38)39)6-21(5-13)33(22-7-15(27(40,41)42)2-16(8-22)28(43,44)45,23-9-17(29(46,47)48)3-18(10-23)30(49,50)51)24-11-19(31(52,53)54)4-20(12-24)32(55,56)57;20-12-17(22)19-16-9-5-4-6-14(16)10-11-21(19)13-18(23)15-7-2-1-3-8-15/h1-12H;1-11H,12-13H2/q-1;+1. The second kappa shape index (κ2) is 21.8. The van der Waals surface area contributed by atoms with Crippen molar-refractivity contribution < 1.29 is 120 Å². The Labute approximate surface area is 441 Å². The van der Waals surface area contributed by atoms with Gasteiger partial charge in [0, 0.05) is 11.6 Å². The second-order valence-corrected chi connectivity index (χ2v) is 18.0. The van der Waals surface area contributed by atoms with E-state index in [2.05, 4.69) is 15.9 Å². The average molecular weight is 1230 g/mol. The third-order valence-electron chi connectivity index (χ3n) is 12.2. The molecule has 3 nitrogen and oxygen atoms in total. The summed E-state index contributed by atoms with van der Waals surface area (Å²) in [5, 5.41) is 2.07. The third-order valence-corrected chi connectivity index (χ3v) is 12.7. The van der Waals surface area contributed by atoms with Crippen molar-refractivity contribution in [3.8, 4) is 0 Å². The number of hydrogen-bond donors (Lipinski definition) is 0. The molecule has 6 aromatic carbocycles. The first kappa shape index (κ1) is 62.1. The van der Waals surface area contributed by atoms with Gasteiger partial charge in [0.2, 0.25) is 18.1 Å². The zero-order chi connectivity index (χ0) is 60.1. The second-order valence-electron chi connectivity index (χ2n) is 17.4. The van der Waals surface area contributed by atoms with Crippen molar-refractivity contribution >= 4 is 66.3 Å². The van der Waals surface area contributed by atoms with Gasteiger partial charge in [-0.05, 0) is 35.7 Å². The molecule has 29 heteroatoms. The summed E-state index contributed by atoms with van der Waals surface area (Å²) < 4.78 is 343. The van der Waals surface area contributed by atoms with Crippen molar-refractivity contribution in [2.24, 2.45) is 0 Å². The molecule has 1 heterocycles.